The molecule has 2 aliphatic rings. The molecule has 0 spiro atoms. The lowest BCUT2D eigenvalue weighted by atomic mass is 9.81. The van der Waals surface area contributed by atoms with Gasteiger partial charge in [-0.2, -0.15) is 5.26 Å². The number of rotatable bonds is 2. The van der Waals surface area contributed by atoms with Crippen LogP contribution in [-0.4, -0.2) is 18.9 Å². The van der Waals surface area contributed by atoms with E-state index in [1.807, 2.05) is 18.2 Å². The fraction of sp³-hybridized carbons (Fsp3) is 0.400. The van der Waals surface area contributed by atoms with Crippen molar-refractivity contribution in [1.29, 1.82) is 5.26 Å². The minimum absolute atomic E-state index is 0.0893. The average Bonchev–Trinajstić information content (AvgIpc) is 2.63. The van der Waals surface area contributed by atoms with E-state index in [9.17, 15) is 10.1 Å². The van der Waals surface area contributed by atoms with Gasteiger partial charge in [0, 0.05) is 16.3 Å². The van der Waals surface area contributed by atoms with Crippen LogP contribution in [0.2, 0.25) is 5.02 Å². The maximum absolute atomic E-state index is 12.0. The fourth-order valence-corrected chi connectivity index (χ4v) is 3.81. The number of nitriles is 1. The third-order valence-electron chi connectivity index (χ3n) is 4.47. The normalized spacial score (nSPS) is 19.9. The first-order chi connectivity index (χ1) is 12.5. The second-order valence-electron chi connectivity index (χ2n) is 6.36. The Bertz CT molecular complexity index is 764. The molecule has 1 fully saturated rings. The number of benzene rings is 1. The molecule has 0 radical (unpaired) electrons. The number of hydrogen-bond donors (Lipinski definition) is 3. The number of dihydropyridines is 1. The molecular formula is C20H24ClN3OS. The SMILES string of the molecule is C1CCNCC1.CC(=O)C1=C(C)NC(S)=C(C#N)C1c1ccccc1Cl. The second-order valence-corrected chi connectivity index (χ2v) is 7.21. The number of ketones is 1. The Balaban J connectivity index is 0.000000342. The van der Waals surface area contributed by atoms with Gasteiger partial charge in [-0.05, 0) is 51.4 Å². The summed E-state index contributed by atoms with van der Waals surface area (Å²) in [4.78, 5) is 12.0. The van der Waals surface area contributed by atoms with Gasteiger partial charge in [-0.3, -0.25) is 4.79 Å². The molecule has 4 nitrogen and oxygen atoms in total. The molecule has 2 heterocycles. The molecule has 0 aliphatic carbocycles. The number of piperidine rings is 1. The van der Waals surface area contributed by atoms with Crippen LogP contribution in [0.15, 0.2) is 46.1 Å². The summed E-state index contributed by atoms with van der Waals surface area (Å²) in [5, 5.41) is 16.6. The highest BCUT2D eigenvalue weighted by molar-refractivity contribution is 7.84. The predicted molar refractivity (Wildman–Crippen MR) is 109 cm³/mol. The molecule has 1 aromatic carbocycles. The van der Waals surface area contributed by atoms with E-state index < -0.39 is 5.92 Å². The smallest absolute Gasteiger partial charge is 0.158 e. The van der Waals surface area contributed by atoms with Gasteiger partial charge in [-0.1, -0.05) is 36.2 Å². The van der Waals surface area contributed by atoms with Gasteiger partial charge in [0.05, 0.1) is 22.6 Å². The topological polar surface area (TPSA) is 64.9 Å². The summed E-state index contributed by atoms with van der Waals surface area (Å²) in [6.45, 7) is 5.79. The van der Waals surface area contributed by atoms with Crippen molar-refractivity contribution in [3.8, 4) is 6.07 Å². The Morgan fingerprint density at radius 3 is 2.38 bits per heavy atom. The van der Waals surface area contributed by atoms with E-state index in [0.717, 1.165) is 5.56 Å². The zero-order valence-corrected chi connectivity index (χ0v) is 16.8. The summed E-state index contributed by atoms with van der Waals surface area (Å²) in [6, 6.07) is 9.36. The highest BCUT2D eigenvalue weighted by Gasteiger charge is 2.32. The molecule has 2 aliphatic heterocycles. The molecule has 1 unspecified atom stereocenters. The Morgan fingerprint density at radius 2 is 1.92 bits per heavy atom. The van der Waals surface area contributed by atoms with Crippen LogP contribution in [-0.2, 0) is 4.79 Å². The van der Waals surface area contributed by atoms with E-state index in [1.54, 1.807) is 13.0 Å². The number of nitrogens with zero attached hydrogens (tertiary/aromatic N) is 1. The molecule has 0 saturated carbocycles. The molecule has 138 valence electrons. The van der Waals surface area contributed by atoms with Gasteiger partial charge < -0.3 is 10.6 Å². The van der Waals surface area contributed by atoms with Crippen LogP contribution in [0.1, 0.15) is 44.6 Å². The maximum atomic E-state index is 12.0. The molecule has 0 aromatic heterocycles. The minimum atomic E-state index is -0.472. The molecule has 1 saturated heterocycles. The van der Waals surface area contributed by atoms with E-state index in [0.29, 0.717) is 26.9 Å². The van der Waals surface area contributed by atoms with Gasteiger partial charge in [-0.25, -0.2) is 0 Å². The number of nitrogens with one attached hydrogen (secondary N) is 2. The monoisotopic (exact) mass is 389 g/mol. The standard InChI is InChI=1S/C15H13ClN2OS.C5H11N/c1-8-13(9(2)19)14(11(7-17)15(20)18-8)10-5-3-4-6-12(10)16;1-2-4-6-5-3-1/h3-6,14,18,20H,1-2H3;6H,1-5H2. The summed E-state index contributed by atoms with van der Waals surface area (Å²) in [5.74, 6) is -0.562. The molecular weight excluding hydrogens is 366 g/mol. The number of allylic oxidation sites excluding steroid dienone is 3. The zero-order chi connectivity index (χ0) is 19.1. The first kappa shape index (κ1) is 20.6. The van der Waals surface area contributed by atoms with Gasteiger partial charge in [0.1, 0.15) is 0 Å². The second kappa shape index (κ2) is 9.82. The third-order valence-corrected chi connectivity index (χ3v) is 5.16. The van der Waals surface area contributed by atoms with E-state index in [-0.39, 0.29) is 5.78 Å². The average molecular weight is 390 g/mol. The van der Waals surface area contributed by atoms with E-state index >= 15 is 0 Å². The van der Waals surface area contributed by atoms with Crippen LogP contribution in [0.3, 0.4) is 0 Å². The van der Waals surface area contributed by atoms with Crippen LogP contribution < -0.4 is 10.6 Å². The molecule has 1 aromatic rings. The Labute approximate surface area is 165 Å². The predicted octanol–water partition coefficient (Wildman–Crippen LogP) is 4.31. The largest absolute Gasteiger partial charge is 0.353 e. The van der Waals surface area contributed by atoms with Crippen molar-refractivity contribution in [1.82, 2.24) is 10.6 Å². The molecule has 2 N–H and O–H groups in total. The van der Waals surface area contributed by atoms with Gasteiger partial charge in [0.15, 0.2) is 5.78 Å². The lowest BCUT2D eigenvalue weighted by molar-refractivity contribution is -0.113. The summed E-state index contributed by atoms with van der Waals surface area (Å²) in [5.41, 5.74) is 2.39. The molecule has 6 heteroatoms. The number of carbonyl (C=O) groups is 1. The highest BCUT2D eigenvalue weighted by atomic mass is 35.5. The minimum Gasteiger partial charge on any atom is -0.353 e. The number of carbonyl (C=O) groups excluding carboxylic acids is 1. The van der Waals surface area contributed by atoms with Gasteiger partial charge in [-0.15, -0.1) is 12.6 Å². The van der Waals surface area contributed by atoms with Gasteiger partial charge in [0.25, 0.3) is 0 Å². The van der Waals surface area contributed by atoms with Crippen LogP contribution in [0.25, 0.3) is 0 Å². The van der Waals surface area contributed by atoms with Crippen LogP contribution >= 0.6 is 24.2 Å². The summed E-state index contributed by atoms with van der Waals surface area (Å²) < 4.78 is 0. The van der Waals surface area contributed by atoms with Crippen molar-refractivity contribution in [3.63, 3.8) is 0 Å². The summed E-state index contributed by atoms with van der Waals surface area (Å²) >= 11 is 10.5. The van der Waals surface area contributed by atoms with E-state index in [1.165, 1.54) is 39.3 Å². The van der Waals surface area contributed by atoms with Crippen molar-refractivity contribution in [3.05, 3.63) is 56.7 Å². The van der Waals surface area contributed by atoms with Crippen molar-refractivity contribution in [2.75, 3.05) is 13.1 Å². The van der Waals surface area contributed by atoms with Crippen LogP contribution in [0.5, 0.6) is 0 Å². The van der Waals surface area contributed by atoms with Crippen LogP contribution in [0, 0.1) is 11.3 Å². The van der Waals surface area contributed by atoms with Gasteiger partial charge in [0.2, 0.25) is 0 Å². The van der Waals surface area contributed by atoms with E-state index in [4.69, 9.17) is 11.6 Å². The number of halogens is 1. The van der Waals surface area contributed by atoms with Crippen molar-refractivity contribution < 1.29 is 4.79 Å². The molecule has 0 amide bonds. The Hall–Kier alpha value is -1.74. The zero-order valence-electron chi connectivity index (χ0n) is 15.1. The van der Waals surface area contributed by atoms with Crippen molar-refractivity contribution in [2.24, 2.45) is 0 Å². The quantitative estimate of drug-likeness (QED) is 0.659. The summed E-state index contributed by atoms with van der Waals surface area (Å²) in [6.07, 6.45) is 4.22. The third kappa shape index (κ3) is 4.91. The number of Topliss-reactive ketones (excluding diaryl/α,β-unsaturated/α-hetero) is 1. The van der Waals surface area contributed by atoms with Crippen molar-refractivity contribution in [2.45, 2.75) is 39.0 Å². The molecule has 3 rings (SSSR count). The first-order valence-corrected chi connectivity index (χ1v) is 9.57. The Morgan fingerprint density at radius 1 is 1.27 bits per heavy atom. The lowest BCUT2D eigenvalue weighted by Gasteiger charge is -2.28. The van der Waals surface area contributed by atoms with Crippen LogP contribution in [0.4, 0.5) is 0 Å². The fourth-order valence-electron chi connectivity index (χ4n) is 3.22. The first-order valence-electron chi connectivity index (χ1n) is 8.74. The number of thiol groups is 1. The Kier molecular flexibility index (Phi) is 7.77. The molecule has 0 bridgehead atoms. The maximum Gasteiger partial charge on any atom is 0.158 e. The van der Waals surface area contributed by atoms with E-state index in [2.05, 4.69) is 29.3 Å². The van der Waals surface area contributed by atoms with Crippen molar-refractivity contribution >= 4 is 30.0 Å². The lowest BCUT2D eigenvalue weighted by Crippen LogP contribution is -2.26. The molecule has 1 atom stereocenters. The number of hydrogen-bond acceptors (Lipinski definition) is 5. The molecule has 26 heavy (non-hydrogen) atoms. The van der Waals surface area contributed by atoms with Gasteiger partial charge >= 0.3 is 0 Å². The summed E-state index contributed by atoms with van der Waals surface area (Å²) in [7, 11) is 0. The highest BCUT2D eigenvalue weighted by Crippen LogP contribution is 2.41.